The molecule has 0 heterocycles. The highest BCUT2D eigenvalue weighted by atomic mass is 27.0. The van der Waals surface area contributed by atoms with Gasteiger partial charge < -0.3 is 10.2 Å². The third-order valence-electron chi connectivity index (χ3n) is 0.781. The third-order valence-corrected chi connectivity index (χ3v) is 0.781. The van der Waals surface area contributed by atoms with E-state index in [9.17, 15) is 9.59 Å². The van der Waals surface area contributed by atoms with Crippen molar-refractivity contribution in [3.05, 3.63) is 0 Å². The van der Waals surface area contributed by atoms with Crippen molar-refractivity contribution in [2.24, 2.45) is 0 Å². The Hall–Kier alpha value is -0.528. The smallest absolute Gasteiger partial charge is 0.303 e. The molecule has 0 rings (SSSR count). The highest BCUT2D eigenvalue weighted by Crippen LogP contribution is 1.93. The first-order chi connectivity index (χ1) is 4.13. The van der Waals surface area contributed by atoms with E-state index in [1.807, 2.05) is 0 Å². The molecule has 0 atom stereocenters. The maximum absolute atomic E-state index is 9.79. The van der Waals surface area contributed by atoms with Crippen LogP contribution >= 0.6 is 0 Å². The Bertz CT molecular complexity index is 109. The van der Waals surface area contributed by atoms with E-state index in [-0.39, 0.29) is 36.6 Å². The second-order valence-corrected chi connectivity index (χ2v) is 1.64. The summed E-state index contributed by atoms with van der Waals surface area (Å²) < 4.78 is 0. The quantitative estimate of drug-likeness (QED) is 0.527. The molecule has 0 aromatic carbocycles. The molecule has 0 aromatic rings. The minimum absolute atomic E-state index is 0. The average Bonchev–Trinajstić information content (AvgIpc) is 1.63. The van der Waals surface area contributed by atoms with Crippen LogP contribution in [0, 0.1) is 0 Å². The third kappa shape index (κ3) is 10.5. The minimum Gasteiger partial charge on any atom is -0.481 e. The monoisotopic (exact) mass is 162 g/mol. The number of rotatable bonds is 4. The molecule has 5 heteroatoms. The molecule has 0 aliphatic carbocycles. The number of carboxylic acids is 2. The molecule has 0 radical (unpaired) electrons. The van der Waals surface area contributed by atoms with Crippen LogP contribution in [0.15, 0.2) is 0 Å². The summed E-state index contributed by atoms with van der Waals surface area (Å²) >= 11 is 0. The molecular formula is C5H11AlO4. The predicted molar refractivity (Wildman–Crippen MR) is 39.1 cm³/mol. The number of carboxylic acid groups (broad SMARTS) is 2. The first-order valence-electron chi connectivity index (χ1n) is 2.56. The molecule has 0 aromatic heterocycles. The highest BCUT2D eigenvalue weighted by molar-refractivity contribution is 5.75. The first kappa shape index (κ1) is 12.2. The second kappa shape index (κ2) is 6.59. The summed E-state index contributed by atoms with van der Waals surface area (Å²) in [5.74, 6) is -1.90. The fourth-order valence-corrected chi connectivity index (χ4v) is 0.391. The molecule has 0 fully saturated rings. The van der Waals surface area contributed by atoms with Crippen LogP contribution in [0.5, 0.6) is 0 Å². The molecule has 58 valence electrons. The van der Waals surface area contributed by atoms with Gasteiger partial charge in [0.25, 0.3) is 0 Å². The van der Waals surface area contributed by atoms with Gasteiger partial charge in [0.15, 0.2) is 17.4 Å². The average molecular weight is 162 g/mol. The van der Waals surface area contributed by atoms with Gasteiger partial charge in [-0.2, -0.15) is 0 Å². The fourth-order valence-electron chi connectivity index (χ4n) is 0.391. The van der Waals surface area contributed by atoms with Crippen LogP contribution in [0.4, 0.5) is 0 Å². The summed E-state index contributed by atoms with van der Waals surface area (Å²) in [7, 11) is 0. The Morgan fingerprint density at radius 1 is 1.00 bits per heavy atom. The molecule has 0 saturated carbocycles. The Morgan fingerprint density at radius 2 is 1.30 bits per heavy atom. The Balaban J connectivity index is 0. The van der Waals surface area contributed by atoms with E-state index >= 15 is 0 Å². The van der Waals surface area contributed by atoms with E-state index in [2.05, 4.69) is 0 Å². The largest absolute Gasteiger partial charge is 0.481 e. The van der Waals surface area contributed by atoms with Crippen LogP contribution < -0.4 is 0 Å². The summed E-state index contributed by atoms with van der Waals surface area (Å²) in [5, 5.41) is 16.1. The summed E-state index contributed by atoms with van der Waals surface area (Å²) in [5.41, 5.74) is 0. The fraction of sp³-hybridized carbons (Fsp3) is 0.600. The number of carbonyl (C=O) groups is 2. The molecule has 0 unspecified atom stereocenters. The van der Waals surface area contributed by atoms with Crippen molar-refractivity contribution in [2.75, 3.05) is 0 Å². The minimum atomic E-state index is -0.948. The molecule has 0 aliphatic heterocycles. The van der Waals surface area contributed by atoms with Crippen molar-refractivity contribution in [3.8, 4) is 0 Å². The molecule has 0 aliphatic rings. The van der Waals surface area contributed by atoms with E-state index < -0.39 is 11.9 Å². The van der Waals surface area contributed by atoms with Gasteiger partial charge in [-0.15, -0.1) is 0 Å². The topological polar surface area (TPSA) is 74.6 Å². The van der Waals surface area contributed by atoms with Gasteiger partial charge in [-0.05, 0) is 6.42 Å². The zero-order chi connectivity index (χ0) is 7.28. The number of hydrogen-bond donors (Lipinski definition) is 2. The van der Waals surface area contributed by atoms with Crippen LogP contribution in [0.25, 0.3) is 0 Å². The highest BCUT2D eigenvalue weighted by Gasteiger charge is 1.99. The SMILES string of the molecule is O=C(O)CCCC(=O)O.[AlH3]. The van der Waals surface area contributed by atoms with Gasteiger partial charge in [-0.25, -0.2) is 0 Å². The van der Waals surface area contributed by atoms with Crippen LogP contribution in [-0.4, -0.2) is 39.5 Å². The van der Waals surface area contributed by atoms with Crippen molar-refractivity contribution in [1.82, 2.24) is 0 Å². The zero-order valence-electron chi connectivity index (χ0n) is 4.83. The van der Waals surface area contributed by atoms with E-state index in [4.69, 9.17) is 10.2 Å². The van der Waals surface area contributed by atoms with E-state index in [0.717, 1.165) is 0 Å². The van der Waals surface area contributed by atoms with Gasteiger partial charge in [0.2, 0.25) is 0 Å². The van der Waals surface area contributed by atoms with Crippen LogP contribution in [0.1, 0.15) is 19.3 Å². The van der Waals surface area contributed by atoms with Crippen molar-refractivity contribution in [3.63, 3.8) is 0 Å². The van der Waals surface area contributed by atoms with E-state index in [1.54, 1.807) is 0 Å². The maximum atomic E-state index is 9.79. The molecule has 4 nitrogen and oxygen atoms in total. The molecule has 0 amide bonds. The van der Waals surface area contributed by atoms with Crippen molar-refractivity contribution in [1.29, 1.82) is 0 Å². The lowest BCUT2D eigenvalue weighted by Gasteiger charge is -1.89. The van der Waals surface area contributed by atoms with Gasteiger partial charge in [-0.1, -0.05) is 0 Å². The first-order valence-corrected chi connectivity index (χ1v) is 2.56. The van der Waals surface area contributed by atoms with Crippen LogP contribution in [0.2, 0.25) is 0 Å². The molecule has 10 heavy (non-hydrogen) atoms. The zero-order valence-corrected chi connectivity index (χ0v) is 4.83. The predicted octanol–water partition coefficient (Wildman–Crippen LogP) is -0.858. The normalized spacial score (nSPS) is 8.00. The summed E-state index contributed by atoms with van der Waals surface area (Å²) in [6, 6.07) is 0. The van der Waals surface area contributed by atoms with Crippen LogP contribution in [-0.2, 0) is 9.59 Å². The van der Waals surface area contributed by atoms with E-state index in [1.165, 1.54) is 0 Å². The van der Waals surface area contributed by atoms with Crippen LogP contribution in [0.3, 0.4) is 0 Å². The number of aliphatic carboxylic acids is 2. The molecule has 0 spiro atoms. The van der Waals surface area contributed by atoms with Crippen molar-refractivity contribution >= 4 is 29.3 Å². The van der Waals surface area contributed by atoms with Gasteiger partial charge in [-0.3, -0.25) is 9.59 Å². The standard InChI is InChI=1S/C5H8O4.Al.3H/c6-4(7)2-1-3-5(8)9;;;;/h1-3H2,(H,6,7)(H,8,9);;;;. The number of hydrogen-bond acceptors (Lipinski definition) is 2. The molecule has 0 bridgehead atoms. The lowest BCUT2D eigenvalue weighted by Crippen LogP contribution is -1.98. The van der Waals surface area contributed by atoms with Crippen molar-refractivity contribution < 1.29 is 19.8 Å². The Labute approximate surface area is 69.0 Å². The summed E-state index contributed by atoms with van der Waals surface area (Å²) in [6.45, 7) is 0. The maximum Gasteiger partial charge on any atom is 0.303 e. The molecule has 0 saturated heterocycles. The van der Waals surface area contributed by atoms with E-state index in [0.29, 0.717) is 0 Å². The second-order valence-electron chi connectivity index (χ2n) is 1.64. The van der Waals surface area contributed by atoms with Gasteiger partial charge in [0.1, 0.15) is 0 Å². The van der Waals surface area contributed by atoms with Gasteiger partial charge >= 0.3 is 11.9 Å². The lowest BCUT2D eigenvalue weighted by molar-refractivity contribution is -0.138. The Morgan fingerprint density at radius 3 is 1.50 bits per heavy atom. The lowest BCUT2D eigenvalue weighted by atomic mass is 10.2. The van der Waals surface area contributed by atoms with Gasteiger partial charge in [0.05, 0.1) is 0 Å². The summed E-state index contributed by atoms with van der Waals surface area (Å²) in [6.07, 6.45) is 0.0866. The molecular weight excluding hydrogens is 151 g/mol. The Kier molecular flexibility index (Phi) is 8.03. The van der Waals surface area contributed by atoms with Crippen molar-refractivity contribution in [2.45, 2.75) is 19.3 Å². The summed E-state index contributed by atoms with van der Waals surface area (Å²) in [4.78, 5) is 19.6. The molecule has 2 N–H and O–H groups in total. The van der Waals surface area contributed by atoms with Gasteiger partial charge in [0, 0.05) is 12.8 Å².